The summed E-state index contributed by atoms with van der Waals surface area (Å²) in [7, 11) is -2.44. The van der Waals surface area contributed by atoms with Crippen LogP contribution in [-0.2, 0) is 30.2 Å². The number of nitrogens with two attached hydrogens (primary N) is 1. The van der Waals surface area contributed by atoms with Gasteiger partial charge >= 0.3 is 0 Å². The second-order valence-corrected chi connectivity index (χ2v) is 6.08. The van der Waals surface area contributed by atoms with E-state index in [1.807, 2.05) is 0 Å². The number of rotatable bonds is 5. The van der Waals surface area contributed by atoms with Gasteiger partial charge < -0.3 is 5.73 Å². The minimum Gasteiger partial charge on any atom is -0.326 e. The third kappa shape index (κ3) is 3.26. The third-order valence-electron chi connectivity index (χ3n) is 2.86. The Morgan fingerprint density at radius 1 is 1.33 bits per heavy atom. The smallest absolute Gasteiger partial charge is 0.243 e. The zero-order valence-corrected chi connectivity index (χ0v) is 12.0. The Morgan fingerprint density at radius 2 is 2.05 bits per heavy atom. The molecule has 0 aliphatic carbocycles. The van der Waals surface area contributed by atoms with Gasteiger partial charge in [0.05, 0.1) is 12.2 Å². The highest BCUT2D eigenvalue weighted by atomic mass is 32.2. The van der Waals surface area contributed by atoms with E-state index in [0.29, 0.717) is 5.69 Å². The van der Waals surface area contributed by atoms with Crippen LogP contribution in [-0.4, -0.2) is 18.2 Å². The van der Waals surface area contributed by atoms with Crippen molar-refractivity contribution in [1.29, 1.82) is 0 Å². The maximum absolute atomic E-state index is 14.0. The molecule has 0 unspecified atom stereocenters. The van der Waals surface area contributed by atoms with Crippen molar-refractivity contribution in [3.63, 3.8) is 0 Å². The molecule has 3 N–H and O–H groups in total. The predicted octanol–water partition coefficient (Wildman–Crippen LogP) is 0.636. The van der Waals surface area contributed by atoms with E-state index >= 15 is 0 Å². The van der Waals surface area contributed by atoms with Gasteiger partial charge in [-0.2, -0.15) is 5.10 Å². The summed E-state index contributed by atoms with van der Waals surface area (Å²) in [5.74, 6) is -2.05. The molecule has 0 atom stereocenters. The molecule has 0 amide bonds. The van der Waals surface area contributed by atoms with Gasteiger partial charge in [0.15, 0.2) is 5.82 Å². The van der Waals surface area contributed by atoms with E-state index in [2.05, 4.69) is 9.82 Å². The molecular weight excluding hydrogens is 302 g/mol. The van der Waals surface area contributed by atoms with E-state index in [1.165, 1.54) is 4.68 Å². The summed E-state index contributed by atoms with van der Waals surface area (Å²) < 4.78 is 55.2. The number of aromatic nitrogens is 2. The van der Waals surface area contributed by atoms with E-state index in [-0.39, 0.29) is 6.54 Å². The molecule has 0 bridgehead atoms. The maximum Gasteiger partial charge on any atom is 0.243 e. The molecule has 2 aromatic rings. The number of hydrogen-bond donors (Lipinski definition) is 2. The first-order valence-corrected chi connectivity index (χ1v) is 7.48. The van der Waals surface area contributed by atoms with Crippen LogP contribution in [0, 0.1) is 11.6 Å². The SMILES string of the molecule is Cn1ccc(CNS(=O)(=O)c2ccc(F)c(CN)c2F)n1. The standard InChI is InChI=1S/C12H14F2N4O2S/c1-18-5-4-8(17-18)7-16-21(19,20)11-3-2-10(13)9(6-15)12(11)14/h2-5,16H,6-7,15H2,1H3. The van der Waals surface area contributed by atoms with Gasteiger partial charge in [0.25, 0.3) is 0 Å². The Labute approximate surface area is 120 Å². The van der Waals surface area contributed by atoms with Crippen LogP contribution < -0.4 is 10.5 Å². The van der Waals surface area contributed by atoms with E-state index in [9.17, 15) is 17.2 Å². The summed E-state index contributed by atoms with van der Waals surface area (Å²) in [5.41, 5.74) is 5.24. The van der Waals surface area contributed by atoms with Gasteiger partial charge in [0, 0.05) is 25.4 Å². The number of benzene rings is 1. The summed E-state index contributed by atoms with van der Waals surface area (Å²) in [5, 5.41) is 3.99. The van der Waals surface area contributed by atoms with Crippen molar-refractivity contribution in [2.75, 3.05) is 0 Å². The van der Waals surface area contributed by atoms with Gasteiger partial charge in [-0.05, 0) is 18.2 Å². The van der Waals surface area contributed by atoms with Crippen LogP contribution >= 0.6 is 0 Å². The van der Waals surface area contributed by atoms with Crippen molar-refractivity contribution in [2.24, 2.45) is 12.8 Å². The normalized spacial score (nSPS) is 11.8. The van der Waals surface area contributed by atoms with Gasteiger partial charge in [0.2, 0.25) is 10.0 Å². The Hall–Kier alpha value is -1.84. The number of halogens is 2. The molecule has 1 aromatic heterocycles. The first-order chi connectivity index (χ1) is 9.85. The number of sulfonamides is 1. The highest BCUT2D eigenvalue weighted by Gasteiger charge is 2.23. The van der Waals surface area contributed by atoms with Crippen LogP contribution in [0.25, 0.3) is 0 Å². The fourth-order valence-electron chi connectivity index (χ4n) is 1.77. The number of nitrogens with zero attached hydrogens (tertiary/aromatic N) is 2. The molecule has 1 heterocycles. The lowest BCUT2D eigenvalue weighted by Gasteiger charge is -2.09. The molecule has 6 nitrogen and oxygen atoms in total. The van der Waals surface area contributed by atoms with Crippen molar-refractivity contribution in [1.82, 2.24) is 14.5 Å². The lowest BCUT2D eigenvalue weighted by molar-refractivity contribution is 0.525. The Morgan fingerprint density at radius 3 is 2.62 bits per heavy atom. The minimum atomic E-state index is -4.13. The Kier molecular flexibility index (Phi) is 4.35. The molecule has 1 aromatic carbocycles. The second kappa shape index (κ2) is 5.88. The summed E-state index contributed by atoms with van der Waals surface area (Å²) in [6.45, 7) is -0.529. The molecule has 21 heavy (non-hydrogen) atoms. The number of nitrogens with one attached hydrogen (secondary N) is 1. The molecule has 0 fully saturated rings. The van der Waals surface area contributed by atoms with Crippen LogP contribution in [0.3, 0.4) is 0 Å². The Bertz CT molecular complexity index is 759. The summed E-state index contributed by atoms with van der Waals surface area (Å²) in [6, 6.07) is 3.36. The lowest BCUT2D eigenvalue weighted by Crippen LogP contribution is -2.25. The van der Waals surface area contributed by atoms with Crippen LogP contribution in [0.5, 0.6) is 0 Å². The average molecular weight is 316 g/mol. The van der Waals surface area contributed by atoms with Gasteiger partial charge in [0.1, 0.15) is 10.7 Å². The molecule has 0 saturated carbocycles. The maximum atomic E-state index is 14.0. The van der Waals surface area contributed by atoms with E-state index in [1.54, 1.807) is 19.3 Å². The molecule has 2 rings (SSSR count). The van der Waals surface area contributed by atoms with Crippen molar-refractivity contribution < 1.29 is 17.2 Å². The molecule has 0 spiro atoms. The fraction of sp³-hybridized carbons (Fsp3) is 0.250. The monoisotopic (exact) mass is 316 g/mol. The minimum absolute atomic E-state index is 0.0993. The molecule has 0 radical (unpaired) electrons. The van der Waals surface area contributed by atoms with Crippen LogP contribution in [0.1, 0.15) is 11.3 Å². The van der Waals surface area contributed by atoms with Crippen LogP contribution in [0.15, 0.2) is 29.3 Å². The van der Waals surface area contributed by atoms with Crippen molar-refractivity contribution in [2.45, 2.75) is 18.0 Å². The van der Waals surface area contributed by atoms with Crippen molar-refractivity contribution in [3.8, 4) is 0 Å². The second-order valence-electron chi connectivity index (χ2n) is 4.35. The first kappa shape index (κ1) is 15.5. The molecule has 9 heteroatoms. The van der Waals surface area contributed by atoms with Crippen LogP contribution in [0.2, 0.25) is 0 Å². The zero-order valence-electron chi connectivity index (χ0n) is 11.2. The van der Waals surface area contributed by atoms with Gasteiger partial charge in [-0.25, -0.2) is 21.9 Å². The molecule has 0 aliphatic heterocycles. The molecule has 0 saturated heterocycles. The predicted molar refractivity (Wildman–Crippen MR) is 71.5 cm³/mol. The highest BCUT2D eigenvalue weighted by molar-refractivity contribution is 7.89. The summed E-state index contributed by atoms with van der Waals surface area (Å²) in [4.78, 5) is -0.639. The lowest BCUT2D eigenvalue weighted by atomic mass is 10.2. The fourth-order valence-corrected chi connectivity index (χ4v) is 2.87. The highest BCUT2D eigenvalue weighted by Crippen LogP contribution is 2.20. The molecular formula is C12H14F2N4O2S. The van der Waals surface area contributed by atoms with Crippen molar-refractivity contribution in [3.05, 3.63) is 47.3 Å². The molecule has 0 aliphatic rings. The quantitative estimate of drug-likeness (QED) is 0.847. The van der Waals surface area contributed by atoms with E-state index < -0.39 is 38.7 Å². The van der Waals surface area contributed by atoms with Gasteiger partial charge in [-0.15, -0.1) is 0 Å². The van der Waals surface area contributed by atoms with E-state index in [4.69, 9.17) is 5.73 Å². The summed E-state index contributed by atoms with van der Waals surface area (Å²) >= 11 is 0. The largest absolute Gasteiger partial charge is 0.326 e. The molecule has 114 valence electrons. The van der Waals surface area contributed by atoms with Crippen LogP contribution in [0.4, 0.5) is 8.78 Å². The first-order valence-electron chi connectivity index (χ1n) is 6.00. The van der Waals surface area contributed by atoms with E-state index in [0.717, 1.165) is 12.1 Å². The van der Waals surface area contributed by atoms with Crippen molar-refractivity contribution >= 4 is 10.0 Å². The Balaban J connectivity index is 2.27. The zero-order chi connectivity index (χ0) is 15.6. The topological polar surface area (TPSA) is 90.0 Å². The number of hydrogen-bond acceptors (Lipinski definition) is 4. The van der Waals surface area contributed by atoms with Gasteiger partial charge in [-0.3, -0.25) is 4.68 Å². The summed E-state index contributed by atoms with van der Waals surface area (Å²) in [6.07, 6.45) is 1.65. The third-order valence-corrected chi connectivity index (χ3v) is 4.28. The number of aryl methyl sites for hydroxylation is 1. The van der Waals surface area contributed by atoms with Gasteiger partial charge in [-0.1, -0.05) is 0 Å². The average Bonchev–Trinajstić information content (AvgIpc) is 2.83.